The zero-order valence-electron chi connectivity index (χ0n) is 20.2. The maximum absolute atomic E-state index is 14.1. The fourth-order valence-electron chi connectivity index (χ4n) is 4.01. The molecule has 0 aliphatic rings. The molecule has 36 heavy (non-hydrogen) atoms. The second-order valence-corrected chi connectivity index (χ2v) is 8.14. The van der Waals surface area contributed by atoms with Crippen LogP contribution in [0.1, 0.15) is 25.6 Å². The number of aliphatic imine (C=N–C) groups is 1. The molecule has 4 rings (SSSR count). The van der Waals surface area contributed by atoms with E-state index < -0.39 is 11.9 Å². The third-order valence-electron chi connectivity index (χ3n) is 5.89. The fraction of sp³-hybridized carbons (Fsp3) is 0.148. The lowest BCUT2D eigenvalue weighted by Gasteiger charge is -2.23. The van der Waals surface area contributed by atoms with Crippen molar-refractivity contribution in [3.63, 3.8) is 0 Å². The van der Waals surface area contributed by atoms with Crippen molar-refractivity contribution in [2.75, 3.05) is 7.11 Å². The number of nitrogens with one attached hydrogen (secondary N) is 1. The first-order chi connectivity index (χ1) is 17.3. The molecule has 3 N–H and O–H groups in total. The average Bonchev–Trinajstić information content (AvgIpc) is 2.91. The first-order valence-corrected chi connectivity index (χ1v) is 11.2. The number of hydrogen-bond acceptors (Lipinski definition) is 7. The summed E-state index contributed by atoms with van der Waals surface area (Å²) in [5.74, 6) is -0.353. The summed E-state index contributed by atoms with van der Waals surface area (Å²) in [4.78, 5) is 38.2. The van der Waals surface area contributed by atoms with Gasteiger partial charge >= 0.3 is 6.01 Å². The van der Waals surface area contributed by atoms with Gasteiger partial charge in [0.05, 0.1) is 24.1 Å². The smallest absolute Gasteiger partial charge is 0.316 e. The molecule has 0 bridgehead atoms. The highest BCUT2D eigenvalue weighted by atomic mass is 16.5. The number of carbonyl (C=O) groups excluding carboxylic acids is 1. The Bertz CT molecular complexity index is 1530. The minimum Gasteiger partial charge on any atom is -0.467 e. The number of hydrogen-bond donors (Lipinski definition) is 2. The molecule has 2 heterocycles. The van der Waals surface area contributed by atoms with Crippen LogP contribution in [0, 0.1) is 0 Å². The first-order valence-electron chi connectivity index (χ1n) is 11.2. The number of aromatic nitrogens is 3. The highest BCUT2D eigenvalue weighted by Gasteiger charge is 2.20. The van der Waals surface area contributed by atoms with Crippen LogP contribution < -0.4 is 21.3 Å². The zero-order chi connectivity index (χ0) is 25.8. The van der Waals surface area contributed by atoms with Crippen molar-refractivity contribution in [3.8, 4) is 22.8 Å². The van der Waals surface area contributed by atoms with Crippen LogP contribution in [0.25, 0.3) is 27.6 Å². The normalized spacial score (nSPS) is 12.5. The number of carbonyl (C=O) groups is 1. The lowest BCUT2D eigenvalue weighted by atomic mass is 9.99. The van der Waals surface area contributed by atoms with E-state index in [1.165, 1.54) is 7.11 Å². The van der Waals surface area contributed by atoms with E-state index in [0.717, 1.165) is 5.39 Å². The van der Waals surface area contributed by atoms with E-state index in [9.17, 15) is 9.59 Å². The van der Waals surface area contributed by atoms with E-state index in [1.807, 2.05) is 61.5 Å². The number of rotatable bonds is 8. The fourth-order valence-corrected chi connectivity index (χ4v) is 4.01. The lowest BCUT2D eigenvalue weighted by molar-refractivity contribution is -0.114. The van der Waals surface area contributed by atoms with Gasteiger partial charge in [-0.3, -0.25) is 14.2 Å². The molecular weight excluding hydrogens is 456 g/mol. The van der Waals surface area contributed by atoms with Crippen LogP contribution in [0.3, 0.4) is 0 Å². The van der Waals surface area contributed by atoms with Gasteiger partial charge in [-0.2, -0.15) is 0 Å². The van der Waals surface area contributed by atoms with Crippen molar-refractivity contribution in [1.82, 2.24) is 19.9 Å². The Morgan fingerprint density at radius 1 is 1.14 bits per heavy atom. The van der Waals surface area contributed by atoms with Gasteiger partial charge in [0.1, 0.15) is 5.82 Å². The van der Waals surface area contributed by atoms with Crippen LogP contribution in [-0.4, -0.2) is 34.3 Å². The van der Waals surface area contributed by atoms with E-state index in [4.69, 9.17) is 10.5 Å². The molecule has 1 amide bonds. The van der Waals surface area contributed by atoms with Crippen molar-refractivity contribution < 1.29 is 9.53 Å². The molecule has 1 atom stereocenters. The van der Waals surface area contributed by atoms with Crippen LogP contribution in [0.5, 0.6) is 6.01 Å². The number of methoxy groups -OCH3 is 1. The summed E-state index contributed by atoms with van der Waals surface area (Å²) >= 11 is 0. The van der Waals surface area contributed by atoms with Crippen LogP contribution in [-0.2, 0) is 4.79 Å². The van der Waals surface area contributed by atoms with Crippen molar-refractivity contribution in [2.45, 2.75) is 19.9 Å². The van der Waals surface area contributed by atoms with E-state index in [2.05, 4.69) is 27.0 Å². The van der Waals surface area contributed by atoms with Gasteiger partial charge < -0.3 is 15.8 Å². The van der Waals surface area contributed by atoms with Crippen LogP contribution in [0.2, 0.25) is 0 Å². The minimum absolute atomic E-state index is 0.211. The third-order valence-corrected chi connectivity index (χ3v) is 5.89. The Morgan fingerprint density at radius 2 is 1.83 bits per heavy atom. The number of para-hydroxylation sites is 1. The highest BCUT2D eigenvalue weighted by Crippen LogP contribution is 2.29. The molecule has 2 aromatic heterocycles. The molecule has 9 heteroatoms. The Hall–Kier alpha value is -4.79. The van der Waals surface area contributed by atoms with E-state index in [0.29, 0.717) is 27.9 Å². The largest absolute Gasteiger partial charge is 0.467 e. The standard InChI is InChI=1S/C27H26N6O3/c1-16(24(28)34)25(29-3)32-17(2)22-13-18-9-8-12-21(19-14-30-27(36-4)31-15-19)23(18)26(35)33(22)20-10-6-5-7-11-20/h5-15,17,32H,3H2,1-2,4H3,(H2,28,34)/b25-16-/t17-/m0/s1. The van der Waals surface area contributed by atoms with Gasteiger partial charge in [0, 0.05) is 29.3 Å². The van der Waals surface area contributed by atoms with E-state index in [-0.39, 0.29) is 23.0 Å². The molecule has 0 fully saturated rings. The Morgan fingerprint density at radius 3 is 2.44 bits per heavy atom. The van der Waals surface area contributed by atoms with Crippen molar-refractivity contribution in [3.05, 3.63) is 94.4 Å². The zero-order valence-corrected chi connectivity index (χ0v) is 20.2. The number of amides is 1. The third kappa shape index (κ3) is 4.58. The number of nitrogens with zero attached hydrogens (tertiary/aromatic N) is 4. The van der Waals surface area contributed by atoms with Crippen LogP contribution in [0.15, 0.2) is 88.2 Å². The summed E-state index contributed by atoms with van der Waals surface area (Å²) in [7, 11) is 1.50. The second-order valence-electron chi connectivity index (χ2n) is 8.14. The summed E-state index contributed by atoms with van der Waals surface area (Å²) in [6, 6.07) is 16.7. The number of nitrogens with two attached hydrogens (primary N) is 1. The van der Waals surface area contributed by atoms with Crippen molar-refractivity contribution in [1.29, 1.82) is 0 Å². The summed E-state index contributed by atoms with van der Waals surface area (Å²) in [6.45, 7) is 6.99. The molecule has 182 valence electrons. The monoisotopic (exact) mass is 482 g/mol. The second kappa shape index (κ2) is 10.2. The van der Waals surface area contributed by atoms with Crippen molar-refractivity contribution in [2.24, 2.45) is 10.7 Å². The summed E-state index contributed by atoms with van der Waals surface area (Å²) in [6.07, 6.45) is 3.26. The molecule has 0 spiro atoms. The van der Waals surface area contributed by atoms with Crippen molar-refractivity contribution >= 4 is 23.4 Å². The number of benzene rings is 2. The van der Waals surface area contributed by atoms with E-state index >= 15 is 0 Å². The SMILES string of the molecule is C=N/C(N[C@@H](C)c1cc2cccc(-c3cnc(OC)nc3)c2c(=O)n1-c1ccccc1)=C(\C)C(N)=O. The lowest BCUT2D eigenvalue weighted by Crippen LogP contribution is -2.29. The molecule has 9 nitrogen and oxygen atoms in total. The first kappa shape index (κ1) is 24.3. The van der Waals surface area contributed by atoms with Gasteiger partial charge in [-0.15, -0.1) is 0 Å². The molecule has 0 saturated heterocycles. The average molecular weight is 483 g/mol. The molecule has 2 aromatic carbocycles. The summed E-state index contributed by atoms with van der Waals surface area (Å²) < 4.78 is 6.71. The molecule has 0 saturated carbocycles. The summed E-state index contributed by atoms with van der Waals surface area (Å²) in [5, 5.41) is 4.45. The van der Waals surface area contributed by atoms with Crippen LogP contribution in [0.4, 0.5) is 0 Å². The van der Waals surface area contributed by atoms with Gasteiger partial charge in [-0.05, 0) is 49.7 Å². The number of ether oxygens (including phenoxy) is 1. The molecule has 0 radical (unpaired) electrons. The molecule has 0 unspecified atom stereocenters. The maximum atomic E-state index is 14.1. The van der Waals surface area contributed by atoms with Gasteiger partial charge in [-0.25, -0.2) is 15.0 Å². The Labute approximate surface area is 208 Å². The predicted octanol–water partition coefficient (Wildman–Crippen LogP) is 3.52. The van der Waals surface area contributed by atoms with Crippen LogP contribution >= 0.6 is 0 Å². The number of fused-ring (bicyclic) bond motifs is 1. The quantitative estimate of drug-likeness (QED) is 0.292. The molecule has 0 aliphatic heterocycles. The van der Waals surface area contributed by atoms with E-state index in [1.54, 1.807) is 23.9 Å². The molecular formula is C27H26N6O3. The van der Waals surface area contributed by atoms with Gasteiger partial charge in [-0.1, -0.05) is 36.4 Å². The number of primary amides is 1. The number of pyridine rings is 1. The van der Waals surface area contributed by atoms with Gasteiger partial charge in [0.25, 0.3) is 5.56 Å². The van der Waals surface area contributed by atoms with Gasteiger partial charge in [0.15, 0.2) is 0 Å². The Balaban J connectivity index is 1.97. The Kier molecular flexibility index (Phi) is 6.91. The van der Waals surface area contributed by atoms with Gasteiger partial charge in [0.2, 0.25) is 5.91 Å². The molecule has 4 aromatic rings. The topological polar surface area (TPSA) is 124 Å². The highest BCUT2D eigenvalue weighted by molar-refractivity contribution is 5.96. The maximum Gasteiger partial charge on any atom is 0.316 e. The molecule has 0 aliphatic carbocycles. The summed E-state index contributed by atoms with van der Waals surface area (Å²) in [5.41, 5.74) is 8.22. The minimum atomic E-state index is -0.609. The predicted molar refractivity (Wildman–Crippen MR) is 140 cm³/mol.